The van der Waals surface area contributed by atoms with Gasteiger partial charge in [0.25, 0.3) is 0 Å². The standard InChI is InChI=1S/C9H19FN2/c1-12(9-3-4-9)8-7-11-6-2-5-10/h9,11H,2-8H2,1H3. The smallest absolute Gasteiger partial charge is 0.0906 e. The molecule has 0 radical (unpaired) electrons. The number of hydrogen-bond acceptors (Lipinski definition) is 2. The number of nitrogens with one attached hydrogen (secondary N) is 1. The summed E-state index contributed by atoms with van der Waals surface area (Å²) < 4.78 is 11.7. The van der Waals surface area contributed by atoms with E-state index in [1.807, 2.05) is 0 Å². The van der Waals surface area contributed by atoms with Gasteiger partial charge in [0.1, 0.15) is 0 Å². The Morgan fingerprint density at radius 3 is 2.75 bits per heavy atom. The van der Waals surface area contributed by atoms with Crippen molar-refractivity contribution in [1.82, 2.24) is 10.2 Å². The molecule has 0 aromatic heterocycles. The van der Waals surface area contributed by atoms with E-state index in [-0.39, 0.29) is 6.67 Å². The summed E-state index contributed by atoms with van der Waals surface area (Å²) in [5, 5.41) is 3.22. The quantitative estimate of drug-likeness (QED) is 0.580. The second-order valence-electron chi connectivity index (χ2n) is 3.50. The first-order valence-electron chi connectivity index (χ1n) is 4.81. The monoisotopic (exact) mass is 174 g/mol. The van der Waals surface area contributed by atoms with E-state index in [0.29, 0.717) is 6.42 Å². The van der Waals surface area contributed by atoms with E-state index >= 15 is 0 Å². The van der Waals surface area contributed by atoms with Crippen molar-refractivity contribution in [3.05, 3.63) is 0 Å². The molecule has 0 aromatic rings. The Morgan fingerprint density at radius 2 is 2.17 bits per heavy atom. The molecule has 0 heterocycles. The van der Waals surface area contributed by atoms with Gasteiger partial charge in [-0.25, -0.2) is 0 Å². The van der Waals surface area contributed by atoms with Crippen molar-refractivity contribution in [3.63, 3.8) is 0 Å². The molecule has 0 unspecified atom stereocenters. The topological polar surface area (TPSA) is 15.3 Å². The molecule has 1 fully saturated rings. The SMILES string of the molecule is CN(CCNCCCF)C1CC1. The molecule has 1 saturated carbocycles. The van der Waals surface area contributed by atoms with Crippen LogP contribution in [0.5, 0.6) is 0 Å². The van der Waals surface area contributed by atoms with Crippen LogP contribution in [-0.2, 0) is 0 Å². The van der Waals surface area contributed by atoms with Gasteiger partial charge in [0, 0.05) is 19.1 Å². The average molecular weight is 174 g/mol. The third kappa shape index (κ3) is 4.02. The van der Waals surface area contributed by atoms with Crippen LogP contribution in [0.3, 0.4) is 0 Å². The van der Waals surface area contributed by atoms with Crippen LogP contribution in [0.4, 0.5) is 4.39 Å². The second-order valence-corrected chi connectivity index (χ2v) is 3.50. The highest BCUT2D eigenvalue weighted by atomic mass is 19.1. The lowest BCUT2D eigenvalue weighted by Gasteiger charge is -2.15. The fourth-order valence-corrected chi connectivity index (χ4v) is 1.27. The second kappa shape index (κ2) is 5.49. The van der Waals surface area contributed by atoms with Crippen molar-refractivity contribution in [2.75, 3.05) is 33.4 Å². The Kier molecular flexibility index (Phi) is 4.54. The molecular formula is C9H19FN2. The normalized spacial score (nSPS) is 17.2. The Morgan fingerprint density at radius 1 is 1.42 bits per heavy atom. The van der Waals surface area contributed by atoms with E-state index in [1.54, 1.807) is 0 Å². The van der Waals surface area contributed by atoms with Crippen LogP contribution in [0.15, 0.2) is 0 Å². The molecule has 3 heteroatoms. The molecule has 2 nitrogen and oxygen atoms in total. The summed E-state index contributed by atoms with van der Waals surface area (Å²) >= 11 is 0. The van der Waals surface area contributed by atoms with Gasteiger partial charge in [-0.1, -0.05) is 0 Å². The molecule has 1 N–H and O–H groups in total. The van der Waals surface area contributed by atoms with Crippen molar-refractivity contribution in [3.8, 4) is 0 Å². The number of nitrogens with zero attached hydrogens (tertiary/aromatic N) is 1. The predicted octanol–water partition coefficient (Wildman–Crippen LogP) is 1.03. The van der Waals surface area contributed by atoms with E-state index in [2.05, 4.69) is 17.3 Å². The van der Waals surface area contributed by atoms with Crippen LogP contribution in [0.1, 0.15) is 19.3 Å². The van der Waals surface area contributed by atoms with Crippen LogP contribution in [-0.4, -0.2) is 44.3 Å². The van der Waals surface area contributed by atoms with Crippen molar-refractivity contribution in [2.45, 2.75) is 25.3 Å². The molecule has 0 aromatic carbocycles. The highest BCUT2D eigenvalue weighted by Gasteiger charge is 2.25. The Balaban J connectivity index is 1.81. The molecule has 0 aliphatic heterocycles. The maximum atomic E-state index is 11.7. The first kappa shape index (κ1) is 9.93. The molecule has 72 valence electrons. The zero-order valence-corrected chi connectivity index (χ0v) is 7.85. The molecule has 0 spiro atoms. The van der Waals surface area contributed by atoms with Gasteiger partial charge in [-0.15, -0.1) is 0 Å². The largest absolute Gasteiger partial charge is 0.315 e. The molecule has 0 atom stereocenters. The van der Waals surface area contributed by atoms with Gasteiger partial charge in [0.05, 0.1) is 6.67 Å². The maximum absolute atomic E-state index is 11.7. The number of hydrogen-bond donors (Lipinski definition) is 1. The third-order valence-electron chi connectivity index (χ3n) is 2.30. The summed E-state index contributed by atoms with van der Waals surface area (Å²) in [7, 11) is 2.16. The van der Waals surface area contributed by atoms with E-state index in [0.717, 1.165) is 25.7 Å². The third-order valence-corrected chi connectivity index (χ3v) is 2.30. The van der Waals surface area contributed by atoms with Gasteiger partial charge in [0.15, 0.2) is 0 Å². The van der Waals surface area contributed by atoms with Gasteiger partial charge < -0.3 is 10.2 Å². The fourth-order valence-electron chi connectivity index (χ4n) is 1.27. The van der Waals surface area contributed by atoms with Crippen LogP contribution in [0.25, 0.3) is 0 Å². The molecule has 12 heavy (non-hydrogen) atoms. The van der Waals surface area contributed by atoms with Crippen LogP contribution in [0.2, 0.25) is 0 Å². The molecule has 1 rings (SSSR count). The van der Waals surface area contributed by atoms with Gasteiger partial charge in [-0.05, 0) is 32.9 Å². The Bertz CT molecular complexity index is 115. The van der Waals surface area contributed by atoms with E-state index in [9.17, 15) is 4.39 Å². The highest BCUT2D eigenvalue weighted by Crippen LogP contribution is 2.24. The lowest BCUT2D eigenvalue weighted by molar-refractivity contribution is 0.320. The molecule has 0 saturated heterocycles. The van der Waals surface area contributed by atoms with Crippen molar-refractivity contribution >= 4 is 0 Å². The fraction of sp³-hybridized carbons (Fsp3) is 1.00. The first-order valence-corrected chi connectivity index (χ1v) is 4.81. The van der Waals surface area contributed by atoms with Gasteiger partial charge in [-0.3, -0.25) is 4.39 Å². The highest BCUT2D eigenvalue weighted by molar-refractivity contribution is 4.82. The zero-order chi connectivity index (χ0) is 8.81. The number of rotatable bonds is 7. The van der Waals surface area contributed by atoms with E-state index in [4.69, 9.17) is 0 Å². The molecule has 1 aliphatic carbocycles. The molecular weight excluding hydrogens is 155 g/mol. The van der Waals surface area contributed by atoms with Gasteiger partial charge in [0.2, 0.25) is 0 Å². The summed E-state index contributed by atoms with van der Waals surface area (Å²) in [6.45, 7) is 2.70. The molecule has 1 aliphatic rings. The molecule has 0 bridgehead atoms. The van der Waals surface area contributed by atoms with E-state index < -0.39 is 0 Å². The number of halogens is 1. The van der Waals surface area contributed by atoms with Gasteiger partial charge in [-0.2, -0.15) is 0 Å². The summed E-state index contributed by atoms with van der Waals surface area (Å²) in [4.78, 5) is 2.38. The van der Waals surface area contributed by atoms with E-state index in [1.165, 1.54) is 12.8 Å². The minimum Gasteiger partial charge on any atom is -0.315 e. The first-order chi connectivity index (χ1) is 5.84. The van der Waals surface area contributed by atoms with Crippen molar-refractivity contribution in [1.29, 1.82) is 0 Å². The average Bonchev–Trinajstić information content (AvgIpc) is 2.86. The Labute approximate surface area is 74.1 Å². The van der Waals surface area contributed by atoms with Crippen molar-refractivity contribution in [2.24, 2.45) is 0 Å². The summed E-state index contributed by atoms with van der Waals surface area (Å²) in [5.41, 5.74) is 0. The number of alkyl halides is 1. The van der Waals surface area contributed by atoms with Crippen molar-refractivity contribution < 1.29 is 4.39 Å². The number of likely N-dealkylation sites (N-methyl/N-ethyl adjacent to an activating group) is 1. The summed E-state index contributed by atoms with van der Waals surface area (Å²) in [6.07, 6.45) is 3.37. The summed E-state index contributed by atoms with van der Waals surface area (Å²) in [5.74, 6) is 0. The maximum Gasteiger partial charge on any atom is 0.0906 e. The lowest BCUT2D eigenvalue weighted by atomic mass is 10.4. The minimum atomic E-state index is -0.203. The Hall–Kier alpha value is -0.150. The minimum absolute atomic E-state index is 0.203. The zero-order valence-electron chi connectivity index (χ0n) is 7.85. The summed E-state index contributed by atoms with van der Waals surface area (Å²) in [6, 6.07) is 0.841. The van der Waals surface area contributed by atoms with Crippen LogP contribution in [0, 0.1) is 0 Å². The molecule has 0 amide bonds. The van der Waals surface area contributed by atoms with Crippen LogP contribution >= 0.6 is 0 Å². The van der Waals surface area contributed by atoms with Crippen LogP contribution < -0.4 is 5.32 Å². The lowest BCUT2D eigenvalue weighted by Crippen LogP contribution is -2.31. The van der Waals surface area contributed by atoms with Gasteiger partial charge >= 0.3 is 0 Å². The predicted molar refractivity (Wildman–Crippen MR) is 49.1 cm³/mol.